The van der Waals surface area contributed by atoms with Gasteiger partial charge in [-0.25, -0.2) is 19.2 Å². The second-order valence-corrected chi connectivity index (χ2v) is 1.01. The second-order valence-electron chi connectivity index (χ2n) is 1.01. The quantitative estimate of drug-likeness (QED) is 0.264. The van der Waals surface area contributed by atoms with Gasteiger partial charge in [-0.3, -0.25) is 0 Å². The van der Waals surface area contributed by atoms with Gasteiger partial charge in [0.1, 0.15) is 0 Å². The average Bonchev–Trinajstić information content (AvgIpc) is 2.21. The number of rotatable bonds is 4. The van der Waals surface area contributed by atoms with Crippen molar-refractivity contribution in [2.75, 3.05) is 0 Å². The molecule has 0 aliphatic carbocycles. The fourth-order valence-corrected chi connectivity index (χ4v) is 0.132. The van der Waals surface area contributed by atoms with Crippen molar-refractivity contribution in [3.63, 3.8) is 0 Å². The molecule has 0 amide bonds. The topological polar surface area (TPSA) is 142 Å². The molecule has 0 unspecified atom stereocenters. The molecule has 0 saturated heterocycles. The standard InChI is InChI=1S/2C2HN3O2.Zn/c2*6-1-3-5-4-2-7;/h2*5H;. The maximum atomic E-state index is 9.14. The first-order valence-corrected chi connectivity index (χ1v) is 2.61. The minimum Gasteiger partial charge on any atom is -0.209 e. The van der Waals surface area contributed by atoms with Gasteiger partial charge in [0.2, 0.25) is 0 Å². The monoisotopic (exact) mass is 262 g/mol. The van der Waals surface area contributed by atoms with E-state index in [2.05, 4.69) is 20.4 Å². The molecule has 0 radical (unpaired) electrons. The predicted molar refractivity (Wildman–Crippen MR) is 38.8 cm³/mol. The Morgan fingerprint density at radius 1 is 0.600 bits per heavy atom. The number of nitrogens with one attached hydrogen (secondary N) is 2. The van der Waals surface area contributed by atoms with Crippen LogP contribution < -0.4 is 11.1 Å². The molecule has 11 heteroatoms. The first-order chi connectivity index (χ1) is 6.83. The van der Waals surface area contributed by atoms with Gasteiger partial charge in [-0.15, -0.1) is 0 Å². The third-order valence-electron chi connectivity index (χ3n) is 0.383. The van der Waals surface area contributed by atoms with Crippen molar-refractivity contribution >= 4 is 24.3 Å². The van der Waals surface area contributed by atoms with Crippen LogP contribution in [0.2, 0.25) is 0 Å². The van der Waals surface area contributed by atoms with Crippen molar-refractivity contribution in [2.45, 2.75) is 0 Å². The zero-order valence-electron chi connectivity index (χ0n) is 7.13. The summed E-state index contributed by atoms with van der Waals surface area (Å²) in [6, 6.07) is 0. The number of hydrogen-bond donors (Lipinski definition) is 2. The largest absolute Gasteiger partial charge is 0.259 e. The van der Waals surface area contributed by atoms with Crippen LogP contribution in [0.4, 0.5) is 0 Å². The molecule has 0 aliphatic rings. The molecule has 0 aromatic carbocycles. The molecule has 0 atom stereocenters. The van der Waals surface area contributed by atoms with Crippen molar-refractivity contribution in [1.82, 2.24) is 11.1 Å². The number of isocyanates is 4. The Kier molecular flexibility index (Phi) is 27.9. The van der Waals surface area contributed by atoms with Crippen molar-refractivity contribution < 1.29 is 38.7 Å². The molecule has 2 N–H and O–H groups in total. The molecule has 0 rings (SSSR count). The van der Waals surface area contributed by atoms with E-state index in [1.807, 2.05) is 0 Å². The molecule has 0 fully saturated rings. The fourth-order valence-electron chi connectivity index (χ4n) is 0.132. The van der Waals surface area contributed by atoms with Gasteiger partial charge >= 0.3 is 0 Å². The molecule has 0 spiro atoms. The number of hydrogen-bond acceptors (Lipinski definition) is 10. The Labute approximate surface area is 94.9 Å². The third kappa shape index (κ3) is 33.8. The summed E-state index contributed by atoms with van der Waals surface area (Å²) in [6.07, 6.45) is 4.38. The molecule has 0 saturated carbocycles. The van der Waals surface area contributed by atoms with Crippen LogP contribution in [0.25, 0.3) is 0 Å². The van der Waals surface area contributed by atoms with E-state index >= 15 is 0 Å². The van der Waals surface area contributed by atoms with Gasteiger partial charge in [0, 0.05) is 19.5 Å². The Bertz CT molecular complexity index is 267. The molecule has 0 heterocycles. The SMILES string of the molecule is O=C=NNN=C=O.O=C=NNN=C=O.[Zn]. The van der Waals surface area contributed by atoms with Crippen LogP contribution in [0.5, 0.6) is 0 Å². The van der Waals surface area contributed by atoms with E-state index in [1.54, 1.807) is 11.1 Å². The maximum Gasteiger partial charge on any atom is 0.259 e. The van der Waals surface area contributed by atoms with Crippen LogP contribution in [0, 0.1) is 0 Å². The van der Waals surface area contributed by atoms with Crippen molar-refractivity contribution in [3.8, 4) is 0 Å². The van der Waals surface area contributed by atoms with E-state index in [4.69, 9.17) is 19.2 Å². The minimum atomic E-state index is 0. The van der Waals surface area contributed by atoms with Crippen LogP contribution >= 0.6 is 0 Å². The van der Waals surface area contributed by atoms with Crippen LogP contribution in [0.3, 0.4) is 0 Å². The van der Waals surface area contributed by atoms with Gasteiger partial charge < -0.3 is 0 Å². The van der Waals surface area contributed by atoms with Crippen molar-refractivity contribution in [2.24, 2.45) is 20.4 Å². The van der Waals surface area contributed by atoms with E-state index in [9.17, 15) is 0 Å². The van der Waals surface area contributed by atoms with E-state index < -0.39 is 0 Å². The van der Waals surface area contributed by atoms with Crippen molar-refractivity contribution in [1.29, 1.82) is 0 Å². The average molecular weight is 263 g/mol. The van der Waals surface area contributed by atoms with Crippen LogP contribution in [-0.2, 0) is 38.7 Å². The molecule has 0 aliphatic heterocycles. The summed E-state index contributed by atoms with van der Waals surface area (Å²) in [5.41, 5.74) is 3.38. The van der Waals surface area contributed by atoms with Gasteiger partial charge in [0.15, 0.2) is 0 Å². The summed E-state index contributed by atoms with van der Waals surface area (Å²) in [6.45, 7) is 0. The van der Waals surface area contributed by atoms with Crippen LogP contribution in [0.1, 0.15) is 0 Å². The third-order valence-corrected chi connectivity index (χ3v) is 0.383. The zero-order chi connectivity index (χ0) is 11.1. The second kappa shape index (κ2) is 22.6. The molecule has 10 nitrogen and oxygen atoms in total. The molecule has 0 aromatic heterocycles. The molecule has 0 bridgehead atoms. The van der Waals surface area contributed by atoms with E-state index in [0.29, 0.717) is 0 Å². The molecular formula is C4H2N6O4Zn. The minimum absolute atomic E-state index is 0. The summed E-state index contributed by atoms with van der Waals surface area (Å²) in [5.74, 6) is 0. The number of nitrogens with zero attached hydrogens (tertiary/aromatic N) is 4. The first-order valence-electron chi connectivity index (χ1n) is 2.61. The van der Waals surface area contributed by atoms with Crippen LogP contribution in [-0.4, -0.2) is 24.3 Å². The van der Waals surface area contributed by atoms with Crippen LogP contribution in [0.15, 0.2) is 20.4 Å². The van der Waals surface area contributed by atoms with Gasteiger partial charge in [0.05, 0.1) is 0 Å². The molecule has 15 heavy (non-hydrogen) atoms. The Balaban J connectivity index is -0.000000180. The van der Waals surface area contributed by atoms with E-state index in [-0.39, 0.29) is 19.5 Å². The maximum absolute atomic E-state index is 9.14. The number of hydrazone groups is 4. The first kappa shape index (κ1) is 18.5. The van der Waals surface area contributed by atoms with E-state index in [0.717, 1.165) is 24.3 Å². The molecule has 74 valence electrons. The smallest absolute Gasteiger partial charge is 0.209 e. The fraction of sp³-hybridized carbons (Fsp3) is 0. The predicted octanol–water partition coefficient (Wildman–Crippen LogP) is -1.85. The summed E-state index contributed by atoms with van der Waals surface area (Å²) < 4.78 is 0. The van der Waals surface area contributed by atoms with Crippen molar-refractivity contribution in [3.05, 3.63) is 0 Å². The zero-order valence-corrected chi connectivity index (χ0v) is 10.1. The summed E-state index contributed by atoms with van der Waals surface area (Å²) in [7, 11) is 0. The van der Waals surface area contributed by atoms with Gasteiger partial charge in [0.25, 0.3) is 24.3 Å². The Morgan fingerprint density at radius 3 is 0.933 bits per heavy atom. The normalized spacial score (nSPS) is 4.80. The molecular weight excluding hydrogens is 261 g/mol. The summed E-state index contributed by atoms with van der Waals surface area (Å²) >= 11 is 0. The molecule has 0 aromatic rings. The summed E-state index contributed by atoms with van der Waals surface area (Å²) in [4.78, 5) is 36.5. The summed E-state index contributed by atoms with van der Waals surface area (Å²) in [5, 5.41) is 10.7. The Hall–Kier alpha value is -2.26. The van der Waals surface area contributed by atoms with E-state index in [1.165, 1.54) is 0 Å². The number of carbonyl (C=O) groups excluding carboxylic acids is 4. The van der Waals surface area contributed by atoms with Gasteiger partial charge in [-0.2, -0.15) is 11.1 Å². The van der Waals surface area contributed by atoms with Gasteiger partial charge in [-0.05, 0) is 0 Å². The Morgan fingerprint density at radius 2 is 0.800 bits per heavy atom. The van der Waals surface area contributed by atoms with Gasteiger partial charge in [-0.1, -0.05) is 20.4 Å².